The normalized spacial score (nSPS) is 14.2. The van der Waals surface area contributed by atoms with E-state index in [1.165, 1.54) is 6.33 Å². The van der Waals surface area contributed by atoms with Crippen LogP contribution >= 0.6 is 11.6 Å². The third-order valence-corrected chi connectivity index (χ3v) is 3.73. The predicted octanol–water partition coefficient (Wildman–Crippen LogP) is 2.59. The Labute approximate surface area is 151 Å². The third kappa shape index (κ3) is 5.52. The number of hydrogen-bond acceptors (Lipinski definition) is 6. The quantitative estimate of drug-likeness (QED) is 0.701. The van der Waals surface area contributed by atoms with Gasteiger partial charge in [-0.25, -0.2) is 14.8 Å². The maximum Gasteiger partial charge on any atom is 0.407 e. The first-order valence-electron chi connectivity index (χ1n) is 7.90. The molecule has 0 bridgehead atoms. The lowest BCUT2D eigenvalue weighted by Crippen LogP contribution is -2.34. The predicted molar refractivity (Wildman–Crippen MR) is 94.4 cm³/mol. The standard InChI is InChI=1S/C17H22ClN3O4/c1-17(2,3)25-16(24)19-7-6-13(22)14(23)10-4-5-12-11(8-10)15(18)21-9-20-12/h4-5,8-9,13-14,22-23H,6-7H2,1-3H3,(H,19,24). The van der Waals surface area contributed by atoms with Gasteiger partial charge in [0, 0.05) is 11.9 Å². The van der Waals surface area contributed by atoms with Gasteiger partial charge in [0.25, 0.3) is 0 Å². The van der Waals surface area contributed by atoms with Crippen molar-refractivity contribution in [3.63, 3.8) is 0 Å². The number of rotatable bonds is 5. The zero-order chi connectivity index (χ0) is 18.6. The van der Waals surface area contributed by atoms with Gasteiger partial charge in [0.05, 0.1) is 11.6 Å². The van der Waals surface area contributed by atoms with E-state index in [-0.39, 0.29) is 18.1 Å². The van der Waals surface area contributed by atoms with Gasteiger partial charge in [-0.1, -0.05) is 17.7 Å². The largest absolute Gasteiger partial charge is 0.444 e. The molecular formula is C17H22ClN3O4. The smallest absolute Gasteiger partial charge is 0.407 e. The number of aromatic nitrogens is 2. The van der Waals surface area contributed by atoms with Crippen LogP contribution in [-0.4, -0.2) is 44.5 Å². The summed E-state index contributed by atoms with van der Waals surface area (Å²) in [6.07, 6.45) is -1.23. The van der Waals surface area contributed by atoms with Crippen molar-refractivity contribution in [2.24, 2.45) is 0 Å². The van der Waals surface area contributed by atoms with Crippen LogP contribution in [0.1, 0.15) is 38.9 Å². The number of carbonyl (C=O) groups excluding carboxylic acids is 1. The Bertz CT molecular complexity index is 748. The second kappa shape index (κ2) is 7.95. The molecule has 0 aliphatic rings. The van der Waals surface area contributed by atoms with Crippen molar-refractivity contribution in [3.05, 3.63) is 35.2 Å². The minimum atomic E-state index is -1.12. The Balaban J connectivity index is 1.95. The zero-order valence-corrected chi connectivity index (χ0v) is 15.1. The van der Waals surface area contributed by atoms with Crippen molar-refractivity contribution in [2.45, 2.75) is 45.0 Å². The third-order valence-electron chi connectivity index (χ3n) is 3.43. The molecular weight excluding hydrogens is 346 g/mol. The van der Waals surface area contributed by atoms with Crippen LogP contribution in [0.5, 0.6) is 0 Å². The van der Waals surface area contributed by atoms with E-state index in [0.717, 1.165) is 0 Å². The topological polar surface area (TPSA) is 105 Å². The van der Waals surface area contributed by atoms with Crippen LogP contribution in [0.3, 0.4) is 0 Å². The van der Waals surface area contributed by atoms with Gasteiger partial charge in [-0.15, -0.1) is 0 Å². The molecule has 1 aromatic heterocycles. The molecule has 2 aromatic rings. The summed E-state index contributed by atoms with van der Waals surface area (Å²) in [5, 5.41) is 23.9. The molecule has 1 aromatic carbocycles. The molecule has 7 nitrogen and oxygen atoms in total. The lowest BCUT2D eigenvalue weighted by molar-refractivity contribution is 0.0124. The lowest BCUT2D eigenvalue weighted by Gasteiger charge is -2.21. The van der Waals surface area contributed by atoms with Crippen molar-refractivity contribution >= 4 is 28.6 Å². The van der Waals surface area contributed by atoms with Gasteiger partial charge in [0.1, 0.15) is 23.2 Å². The molecule has 0 saturated heterocycles. The Kier molecular flexibility index (Phi) is 6.16. The molecule has 1 amide bonds. The number of nitrogens with zero attached hydrogens (tertiary/aromatic N) is 2. The fourth-order valence-electron chi connectivity index (χ4n) is 2.24. The van der Waals surface area contributed by atoms with Gasteiger partial charge in [-0.3, -0.25) is 0 Å². The fraction of sp³-hybridized carbons (Fsp3) is 0.471. The van der Waals surface area contributed by atoms with E-state index < -0.39 is 23.9 Å². The minimum Gasteiger partial charge on any atom is -0.444 e. The average Bonchev–Trinajstić information content (AvgIpc) is 2.52. The highest BCUT2D eigenvalue weighted by atomic mass is 35.5. The number of ether oxygens (including phenoxy) is 1. The monoisotopic (exact) mass is 367 g/mol. The number of aliphatic hydroxyl groups excluding tert-OH is 2. The van der Waals surface area contributed by atoms with Crippen LogP contribution in [0.15, 0.2) is 24.5 Å². The molecule has 8 heteroatoms. The summed E-state index contributed by atoms with van der Waals surface area (Å²) in [7, 11) is 0. The number of alkyl carbamates (subject to hydrolysis) is 1. The average molecular weight is 368 g/mol. The van der Waals surface area contributed by atoms with E-state index in [2.05, 4.69) is 15.3 Å². The SMILES string of the molecule is CC(C)(C)OC(=O)NCCC(O)C(O)c1ccc2ncnc(Cl)c2c1. The van der Waals surface area contributed by atoms with Gasteiger partial charge in [0.15, 0.2) is 0 Å². The van der Waals surface area contributed by atoms with Crippen molar-refractivity contribution in [2.75, 3.05) is 6.54 Å². The molecule has 0 spiro atoms. The van der Waals surface area contributed by atoms with Gasteiger partial charge in [-0.05, 0) is 44.9 Å². The summed E-state index contributed by atoms with van der Waals surface area (Å²) in [6.45, 7) is 5.46. The van der Waals surface area contributed by atoms with Crippen LogP contribution in [-0.2, 0) is 4.74 Å². The van der Waals surface area contributed by atoms with Crippen molar-refractivity contribution in [3.8, 4) is 0 Å². The number of fused-ring (bicyclic) bond motifs is 1. The molecule has 0 aliphatic carbocycles. The number of amides is 1. The highest BCUT2D eigenvalue weighted by molar-refractivity contribution is 6.34. The summed E-state index contributed by atoms with van der Waals surface area (Å²) in [5.41, 5.74) is 0.556. The maximum atomic E-state index is 11.6. The van der Waals surface area contributed by atoms with Gasteiger partial charge < -0.3 is 20.3 Å². The van der Waals surface area contributed by atoms with E-state index in [4.69, 9.17) is 16.3 Å². The Morgan fingerprint density at radius 1 is 1.32 bits per heavy atom. The van der Waals surface area contributed by atoms with Crippen LogP contribution < -0.4 is 5.32 Å². The van der Waals surface area contributed by atoms with Gasteiger partial charge >= 0.3 is 6.09 Å². The number of carbonyl (C=O) groups is 1. The molecule has 2 rings (SSSR count). The van der Waals surface area contributed by atoms with E-state index in [1.807, 2.05) is 0 Å². The molecule has 2 atom stereocenters. The van der Waals surface area contributed by atoms with Crippen LogP contribution in [0, 0.1) is 0 Å². The van der Waals surface area contributed by atoms with Crippen molar-refractivity contribution in [1.82, 2.24) is 15.3 Å². The second-order valence-electron chi connectivity index (χ2n) is 6.67. The summed E-state index contributed by atoms with van der Waals surface area (Å²) >= 11 is 6.03. The summed E-state index contributed by atoms with van der Waals surface area (Å²) < 4.78 is 5.10. The van der Waals surface area contributed by atoms with Crippen LogP contribution in [0.2, 0.25) is 5.15 Å². The number of halogens is 1. The van der Waals surface area contributed by atoms with Crippen molar-refractivity contribution in [1.29, 1.82) is 0 Å². The first-order valence-corrected chi connectivity index (χ1v) is 8.28. The van der Waals surface area contributed by atoms with E-state index in [1.54, 1.807) is 39.0 Å². The molecule has 25 heavy (non-hydrogen) atoms. The number of benzene rings is 1. The van der Waals surface area contributed by atoms with E-state index in [9.17, 15) is 15.0 Å². The lowest BCUT2D eigenvalue weighted by atomic mass is 10.0. The van der Waals surface area contributed by atoms with Crippen LogP contribution in [0.4, 0.5) is 4.79 Å². The summed E-state index contributed by atoms with van der Waals surface area (Å²) in [4.78, 5) is 19.5. The number of nitrogens with one attached hydrogen (secondary N) is 1. The maximum absolute atomic E-state index is 11.6. The molecule has 0 saturated carbocycles. The molecule has 3 N–H and O–H groups in total. The Hall–Kier alpha value is -1.96. The first-order chi connectivity index (χ1) is 11.7. The molecule has 0 aliphatic heterocycles. The Morgan fingerprint density at radius 2 is 2.04 bits per heavy atom. The minimum absolute atomic E-state index is 0.164. The van der Waals surface area contributed by atoms with Crippen molar-refractivity contribution < 1.29 is 19.7 Å². The Morgan fingerprint density at radius 3 is 2.72 bits per heavy atom. The van der Waals surface area contributed by atoms with E-state index >= 15 is 0 Å². The second-order valence-corrected chi connectivity index (χ2v) is 7.03. The van der Waals surface area contributed by atoms with Gasteiger partial charge in [-0.2, -0.15) is 0 Å². The van der Waals surface area contributed by atoms with Crippen LogP contribution in [0.25, 0.3) is 10.9 Å². The van der Waals surface area contributed by atoms with Gasteiger partial charge in [0.2, 0.25) is 0 Å². The molecule has 1 heterocycles. The molecule has 0 radical (unpaired) electrons. The fourth-order valence-corrected chi connectivity index (χ4v) is 2.44. The summed E-state index contributed by atoms with van der Waals surface area (Å²) in [6, 6.07) is 5.01. The number of hydrogen-bond donors (Lipinski definition) is 3. The summed E-state index contributed by atoms with van der Waals surface area (Å²) in [5.74, 6) is 0. The molecule has 0 fully saturated rings. The highest BCUT2D eigenvalue weighted by Crippen LogP contribution is 2.25. The molecule has 2 unspecified atom stereocenters. The highest BCUT2D eigenvalue weighted by Gasteiger charge is 2.20. The number of aliphatic hydroxyl groups is 2. The first kappa shape index (κ1) is 19.4. The van der Waals surface area contributed by atoms with E-state index in [0.29, 0.717) is 16.5 Å². The molecule has 136 valence electrons. The zero-order valence-electron chi connectivity index (χ0n) is 14.4.